The van der Waals surface area contributed by atoms with E-state index in [0.717, 1.165) is 18.0 Å². The van der Waals surface area contributed by atoms with Gasteiger partial charge in [-0.2, -0.15) is 0 Å². The minimum absolute atomic E-state index is 0.719. The summed E-state index contributed by atoms with van der Waals surface area (Å²) in [5.74, 6) is 0.719. The van der Waals surface area contributed by atoms with Gasteiger partial charge in [0.15, 0.2) is 0 Å². The molecule has 0 saturated heterocycles. The second-order valence-electron chi connectivity index (χ2n) is 4.99. The van der Waals surface area contributed by atoms with Gasteiger partial charge >= 0.3 is 0 Å². The predicted molar refractivity (Wildman–Crippen MR) is 84.1 cm³/mol. The Balaban J connectivity index is 5.25. The molecule has 0 bridgehead atoms. The third-order valence-electron chi connectivity index (χ3n) is 3.40. The normalized spacial score (nSPS) is 14.3. The first-order valence-electron chi connectivity index (χ1n) is 6.99. The molecule has 18 heavy (non-hydrogen) atoms. The molecule has 1 nitrogen and oxygen atoms in total. The van der Waals surface area contributed by atoms with Crippen molar-refractivity contribution < 1.29 is 0 Å². The van der Waals surface area contributed by atoms with Crippen LogP contribution >= 0.6 is 0 Å². The summed E-state index contributed by atoms with van der Waals surface area (Å²) >= 11 is 0. The Morgan fingerprint density at radius 1 is 1.17 bits per heavy atom. The molecule has 0 heterocycles. The van der Waals surface area contributed by atoms with E-state index in [0.29, 0.717) is 0 Å². The third-order valence-corrected chi connectivity index (χ3v) is 3.40. The molecule has 0 atom stereocenters. The van der Waals surface area contributed by atoms with Crippen LogP contribution in [-0.2, 0) is 0 Å². The molecule has 0 N–H and O–H groups in total. The first-order valence-corrected chi connectivity index (χ1v) is 6.99. The van der Waals surface area contributed by atoms with E-state index in [1.54, 1.807) is 0 Å². The van der Waals surface area contributed by atoms with Gasteiger partial charge in [-0.25, -0.2) is 0 Å². The van der Waals surface area contributed by atoms with E-state index in [1.807, 2.05) is 13.8 Å². The number of rotatable bonds is 7. The molecule has 0 aromatic rings. The van der Waals surface area contributed by atoms with Crippen LogP contribution in [0.3, 0.4) is 0 Å². The molecule has 0 aromatic carbocycles. The number of nitrogens with zero attached hydrogens (tertiary/aromatic N) is 1. The zero-order chi connectivity index (χ0) is 14.1. The zero-order valence-corrected chi connectivity index (χ0v) is 13.0. The summed E-state index contributed by atoms with van der Waals surface area (Å²) in [4.78, 5) is 4.65. The smallest absolute Gasteiger partial charge is 0.0441 e. The van der Waals surface area contributed by atoms with Crippen molar-refractivity contribution in [3.8, 4) is 0 Å². The van der Waals surface area contributed by atoms with Gasteiger partial charge in [-0.15, -0.1) is 0 Å². The lowest BCUT2D eigenvalue weighted by molar-refractivity contribution is 0.512. The topological polar surface area (TPSA) is 12.4 Å². The van der Waals surface area contributed by atoms with Crippen LogP contribution < -0.4 is 0 Å². The van der Waals surface area contributed by atoms with E-state index in [1.165, 1.54) is 29.7 Å². The molecule has 0 amide bonds. The lowest BCUT2D eigenvalue weighted by atomic mass is 9.92. The van der Waals surface area contributed by atoms with Crippen LogP contribution in [0.1, 0.15) is 60.8 Å². The summed E-state index contributed by atoms with van der Waals surface area (Å²) < 4.78 is 0. The van der Waals surface area contributed by atoms with Crippen molar-refractivity contribution in [1.82, 2.24) is 0 Å². The largest absolute Gasteiger partial charge is 0.259 e. The molecular weight excluding hydrogens is 218 g/mol. The van der Waals surface area contributed by atoms with Crippen LogP contribution in [0.5, 0.6) is 0 Å². The van der Waals surface area contributed by atoms with Crippen LogP contribution in [0.4, 0.5) is 0 Å². The molecule has 0 spiro atoms. The summed E-state index contributed by atoms with van der Waals surface area (Å²) in [5, 5.41) is 0. The Bertz CT molecular complexity index is 352. The number of aliphatic imine (C=N–C) groups is 1. The molecule has 102 valence electrons. The van der Waals surface area contributed by atoms with Gasteiger partial charge in [0.05, 0.1) is 0 Å². The van der Waals surface area contributed by atoms with Gasteiger partial charge in [-0.3, -0.25) is 4.99 Å². The van der Waals surface area contributed by atoms with E-state index in [9.17, 15) is 0 Å². The van der Waals surface area contributed by atoms with Gasteiger partial charge < -0.3 is 0 Å². The zero-order valence-electron chi connectivity index (χ0n) is 13.0. The standard InChI is InChI=1S/C17H29N/c1-8-11-14(6)15(7)17(18-13(4)5)12-16(9-2)10-3/h8,11,16H,4,9-10,12H2,1-3,5-7H3/b11-8-,15-14+,18-17-. The molecule has 0 aliphatic rings. The van der Waals surface area contributed by atoms with Gasteiger partial charge in [0, 0.05) is 11.4 Å². The SMILES string of the molecule is C=C(C)\N=C(CC(CC)CC)/C(C)=C(C)/C=C\C. The van der Waals surface area contributed by atoms with Crippen LogP contribution in [0, 0.1) is 5.92 Å². The summed E-state index contributed by atoms with van der Waals surface area (Å²) in [6.07, 6.45) is 7.70. The highest BCUT2D eigenvalue weighted by atomic mass is 14.7. The maximum Gasteiger partial charge on any atom is 0.0441 e. The summed E-state index contributed by atoms with van der Waals surface area (Å²) in [7, 11) is 0. The Morgan fingerprint density at radius 2 is 1.72 bits per heavy atom. The van der Waals surface area contributed by atoms with Gasteiger partial charge in [-0.05, 0) is 51.2 Å². The highest BCUT2D eigenvalue weighted by Gasteiger charge is 2.11. The third kappa shape index (κ3) is 6.00. The van der Waals surface area contributed by atoms with E-state index in [2.05, 4.69) is 51.4 Å². The highest BCUT2D eigenvalue weighted by molar-refractivity contribution is 6.01. The number of hydrogen-bond donors (Lipinski definition) is 0. The first kappa shape index (κ1) is 16.9. The Kier molecular flexibility index (Phi) is 8.36. The molecule has 0 aliphatic heterocycles. The fourth-order valence-corrected chi connectivity index (χ4v) is 1.97. The Morgan fingerprint density at radius 3 is 2.11 bits per heavy atom. The molecular formula is C17H29N. The van der Waals surface area contributed by atoms with Crippen molar-refractivity contribution in [2.24, 2.45) is 10.9 Å². The number of allylic oxidation sites excluding steroid dienone is 5. The molecule has 0 radical (unpaired) electrons. The summed E-state index contributed by atoms with van der Waals surface area (Å²) in [6, 6.07) is 0. The highest BCUT2D eigenvalue weighted by Crippen LogP contribution is 2.20. The second kappa shape index (κ2) is 8.91. The molecule has 0 unspecified atom stereocenters. The van der Waals surface area contributed by atoms with Crippen molar-refractivity contribution in [3.05, 3.63) is 35.6 Å². The van der Waals surface area contributed by atoms with Crippen LogP contribution in [-0.4, -0.2) is 5.71 Å². The van der Waals surface area contributed by atoms with Crippen molar-refractivity contribution in [3.63, 3.8) is 0 Å². The molecule has 0 aliphatic carbocycles. The fraction of sp³-hybridized carbons (Fsp3) is 0.588. The molecule has 0 fully saturated rings. The molecule has 1 heteroatoms. The van der Waals surface area contributed by atoms with Gasteiger partial charge in [-0.1, -0.05) is 45.4 Å². The van der Waals surface area contributed by atoms with Crippen LogP contribution in [0.25, 0.3) is 0 Å². The van der Waals surface area contributed by atoms with Crippen molar-refractivity contribution in [2.75, 3.05) is 0 Å². The summed E-state index contributed by atoms with van der Waals surface area (Å²) in [6.45, 7) is 16.7. The molecule has 0 aromatic heterocycles. The predicted octanol–water partition coefficient (Wildman–Crippen LogP) is 5.70. The minimum atomic E-state index is 0.719. The average molecular weight is 247 g/mol. The van der Waals surface area contributed by atoms with E-state index in [4.69, 9.17) is 0 Å². The Labute approximate surface area is 113 Å². The average Bonchev–Trinajstić information content (AvgIpc) is 2.33. The van der Waals surface area contributed by atoms with E-state index >= 15 is 0 Å². The Hall–Kier alpha value is -1.11. The molecule has 0 saturated carbocycles. The second-order valence-corrected chi connectivity index (χ2v) is 4.99. The first-order chi connectivity index (χ1) is 8.46. The maximum absolute atomic E-state index is 4.65. The quantitative estimate of drug-likeness (QED) is 0.404. The van der Waals surface area contributed by atoms with Crippen LogP contribution in [0.2, 0.25) is 0 Å². The minimum Gasteiger partial charge on any atom is -0.259 e. The van der Waals surface area contributed by atoms with Gasteiger partial charge in [0.1, 0.15) is 0 Å². The van der Waals surface area contributed by atoms with Crippen molar-refractivity contribution in [1.29, 1.82) is 0 Å². The molecule has 0 rings (SSSR count). The van der Waals surface area contributed by atoms with Gasteiger partial charge in [0.25, 0.3) is 0 Å². The lowest BCUT2D eigenvalue weighted by Gasteiger charge is -2.16. The fourth-order valence-electron chi connectivity index (χ4n) is 1.97. The van der Waals surface area contributed by atoms with Crippen molar-refractivity contribution in [2.45, 2.75) is 60.8 Å². The summed E-state index contributed by atoms with van der Waals surface area (Å²) in [5.41, 5.74) is 4.68. The lowest BCUT2D eigenvalue weighted by Crippen LogP contribution is -2.10. The number of hydrogen-bond acceptors (Lipinski definition) is 1. The van der Waals surface area contributed by atoms with E-state index in [-0.39, 0.29) is 0 Å². The monoisotopic (exact) mass is 247 g/mol. The van der Waals surface area contributed by atoms with Crippen LogP contribution in [0.15, 0.2) is 40.6 Å². The maximum atomic E-state index is 4.65. The van der Waals surface area contributed by atoms with Crippen molar-refractivity contribution >= 4 is 5.71 Å². The van der Waals surface area contributed by atoms with E-state index < -0.39 is 0 Å². The van der Waals surface area contributed by atoms with Gasteiger partial charge in [0.2, 0.25) is 0 Å².